The summed E-state index contributed by atoms with van der Waals surface area (Å²) in [6.45, 7) is 1.44. The number of amides is 1. The smallest absolute Gasteiger partial charge is 0.238 e. The van der Waals surface area contributed by atoms with Gasteiger partial charge in [0.25, 0.3) is 0 Å². The fourth-order valence-electron chi connectivity index (χ4n) is 2.72. The molecule has 25 heavy (non-hydrogen) atoms. The Morgan fingerprint density at radius 2 is 2.12 bits per heavy atom. The number of rotatable bonds is 5. The highest BCUT2D eigenvalue weighted by Gasteiger charge is 2.33. The van der Waals surface area contributed by atoms with Crippen LogP contribution in [0, 0.1) is 5.82 Å². The van der Waals surface area contributed by atoms with Gasteiger partial charge in [-0.1, -0.05) is 17.3 Å². The molecule has 0 atom stereocenters. The molecule has 1 amide bonds. The first-order valence-electron chi connectivity index (χ1n) is 7.83. The van der Waals surface area contributed by atoms with Gasteiger partial charge in [0.15, 0.2) is 5.76 Å². The summed E-state index contributed by atoms with van der Waals surface area (Å²) >= 11 is 0. The zero-order chi connectivity index (χ0) is 17.2. The number of para-hydroxylation sites is 1. The number of nitrogens with zero attached hydrogens (tertiary/aromatic N) is 3. The molecule has 1 aromatic carbocycles. The van der Waals surface area contributed by atoms with Crippen molar-refractivity contribution in [3.05, 3.63) is 54.4 Å². The Bertz CT molecular complexity index is 872. The number of likely N-dealkylation sites (tertiary alicyclic amines) is 1. The van der Waals surface area contributed by atoms with E-state index in [1.54, 1.807) is 30.5 Å². The Balaban J connectivity index is 1.29. The number of anilines is 1. The monoisotopic (exact) mass is 342 g/mol. The molecule has 0 unspecified atom stereocenters. The largest absolute Gasteiger partial charge is 0.461 e. The maximum absolute atomic E-state index is 13.5. The SMILES string of the molecule is O=C(CN1CC(c2nc(-c3ccco3)no2)C1)Nc1ccccc1F. The lowest BCUT2D eigenvalue weighted by Crippen LogP contribution is -2.48. The van der Waals surface area contributed by atoms with Crippen LogP contribution in [0.3, 0.4) is 0 Å². The lowest BCUT2D eigenvalue weighted by molar-refractivity contribution is -0.118. The van der Waals surface area contributed by atoms with E-state index in [1.165, 1.54) is 12.1 Å². The van der Waals surface area contributed by atoms with Crippen LogP contribution >= 0.6 is 0 Å². The molecule has 0 saturated carbocycles. The minimum atomic E-state index is -0.450. The molecule has 2 aromatic heterocycles. The summed E-state index contributed by atoms with van der Waals surface area (Å²) < 4.78 is 24.0. The van der Waals surface area contributed by atoms with E-state index in [0.717, 1.165) is 0 Å². The maximum Gasteiger partial charge on any atom is 0.238 e. The molecule has 3 heterocycles. The van der Waals surface area contributed by atoms with Crippen molar-refractivity contribution < 1.29 is 18.1 Å². The van der Waals surface area contributed by atoms with Crippen LogP contribution < -0.4 is 5.32 Å². The van der Waals surface area contributed by atoms with E-state index in [-0.39, 0.29) is 24.1 Å². The Morgan fingerprint density at radius 3 is 2.88 bits per heavy atom. The van der Waals surface area contributed by atoms with Crippen molar-refractivity contribution in [3.63, 3.8) is 0 Å². The molecule has 1 saturated heterocycles. The van der Waals surface area contributed by atoms with Crippen LogP contribution in [-0.2, 0) is 4.79 Å². The molecule has 1 aliphatic rings. The summed E-state index contributed by atoms with van der Waals surface area (Å²) in [7, 11) is 0. The molecule has 4 rings (SSSR count). The topological polar surface area (TPSA) is 84.4 Å². The van der Waals surface area contributed by atoms with Crippen molar-refractivity contribution in [1.29, 1.82) is 0 Å². The molecule has 7 nitrogen and oxygen atoms in total. The summed E-state index contributed by atoms with van der Waals surface area (Å²) in [5.41, 5.74) is 0.185. The third kappa shape index (κ3) is 3.29. The van der Waals surface area contributed by atoms with Crippen LogP contribution in [-0.4, -0.2) is 40.6 Å². The van der Waals surface area contributed by atoms with Crippen molar-refractivity contribution in [1.82, 2.24) is 15.0 Å². The molecule has 0 bridgehead atoms. The van der Waals surface area contributed by atoms with Crippen LogP contribution in [0.15, 0.2) is 51.6 Å². The van der Waals surface area contributed by atoms with E-state index in [0.29, 0.717) is 30.6 Å². The van der Waals surface area contributed by atoms with Crippen molar-refractivity contribution >= 4 is 11.6 Å². The van der Waals surface area contributed by atoms with E-state index in [9.17, 15) is 9.18 Å². The molecule has 1 N–H and O–H groups in total. The molecule has 8 heteroatoms. The summed E-state index contributed by atoms with van der Waals surface area (Å²) in [6.07, 6.45) is 1.55. The lowest BCUT2D eigenvalue weighted by Gasteiger charge is -2.36. The van der Waals surface area contributed by atoms with E-state index < -0.39 is 5.82 Å². The van der Waals surface area contributed by atoms with Gasteiger partial charge in [-0.15, -0.1) is 0 Å². The number of hydrogen-bond donors (Lipinski definition) is 1. The normalized spacial score (nSPS) is 15.1. The number of aromatic nitrogens is 2. The van der Waals surface area contributed by atoms with Crippen LogP contribution in [0.2, 0.25) is 0 Å². The van der Waals surface area contributed by atoms with Gasteiger partial charge >= 0.3 is 0 Å². The third-order valence-corrected chi connectivity index (χ3v) is 4.00. The molecular formula is C17H15FN4O3. The molecule has 0 spiro atoms. The molecule has 1 fully saturated rings. The lowest BCUT2D eigenvalue weighted by atomic mass is 10.0. The Morgan fingerprint density at radius 1 is 1.28 bits per heavy atom. The van der Waals surface area contributed by atoms with E-state index in [1.807, 2.05) is 4.90 Å². The minimum Gasteiger partial charge on any atom is -0.461 e. The molecule has 0 aliphatic carbocycles. The second kappa shape index (κ2) is 6.48. The number of nitrogens with one attached hydrogen (secondary N) is 1. The standard InChI is InChI=1S/C17H15FN4O3/c18-12-4-1-2-5-13(12)19-15(23)10-22-8-11(9-22)17-20-16(21-25-17)14-6-3-7-24-14/h1-7,11H,8-10H2,(H,19,23). The molecule has 1 aliphatic heterocycles. The first-order chi connectivity index (χ1) is 12.2. The quantitative estimate of drug-likeness (QED) is 0.767. The maximum atomic E-state index is 13.5. The second-order valence-electron chi connectivity index (χ2n) is 5.85. The average molecular weight is 342 g/mol. The van der Waals surface area contributed by atoms with E-state index in [2.05, 4.69) is 15.5 Å². The van der Waals surface area contributed by atoms with Crippen LogP contribution in [0.4, 0.5) is 10.1 Å². The minimum absolute atomic E-state index is 0.0810. The van der Waals surface area contributed by atoms with Gasteiger partial charge in [0.1, 0.15) is 5.82 Å². The van der Waals surface area contributed by atoms with Gasteiger partial charge in [-0.2, -0.15) is 4.98 Å². The summed E-state index contributed by atoms with van der Waals surface area (Å²) in [5.74, 6) is 0.861. The molecule has 128 valence electrons. The average Bonchev–Trinajstić information content (AvgIpc) is 3.23. The number of benzene rings is 1. The second-order valence-corrected chi connectivity index (χ2v) is 5.85. The van der Waals surface area contributed by atoms with Crippen molar-refractivity contribution in [3.8, 4) is 11.6 Å². The highest BCUT2D eigenvalue weighted by molar-refractivity contribution is 5.92. The van der Waals surface area contributed by atoms with Crippen molar-refractivity contribution in [2.24, 2.45) is 0 Å². The highest BCUT2D eigenvalue weighted by Crippen LogP contribution is 2.27. The Hall–Kier alpha value is -3.00. The molecular weight excluding hydrogens is 327 g/mol. The zero-order valence-electron chi connectivity index (χ0n) is 13.2. The van der Waals surface area contributed by atoms with E-state index >= 15 is 0 Å². The highest BCUT2D eigenvalue weighted by atomic mass is 19.1. The summed E-state index contributed by atoms with van der Waals surface area (Å²) in [5, 5.41) is 6.46. The number of furan rings is 1. The Kier molecular flexibility index (Phi) is 4.02. The van der Waals surface area contributed by atoms with E-state index in [4.69, 9.17) is 8.94 Å². The molecule has 0 radical (unpaired) electrons. The number of hydrogen-bond acceptors (Lipinski definition) is 6. The third-order valence-electron chi connectivity index (χ3n) is 4.00. The van der Waals surface area contributed by atoms with Crippen molar-refractivity contribution in [2.45, 2.75) is 5.92 Å². The zero-order valence-corrected chi connectivity index (χ0v) is 13.2. The predicted octanol–water partition coefficient (Wildman–Crippen LogP) is 2.51. The predicted molar refractivity (Wildman–Crippen MR) is 86.2 cm³/mol. The summed E-state index contributed by atoms with van der Waals surface area (Å²) in [6, 6.07) is 9.60. The Labute approximate surface area is 142 Å². The van der Waals surface area contributed by atoms with Crippen LogP contribution in [0.25, 0.3) is 11.6 Å². The van der Waals surface area contributed by atoms with Gasteiger partial charge in [-0.25, -0.2) is 4.39 Å². The van der Waals surface area contributed by atoms with Gasteiger partial charge in [-0.05, 0) is 24.3 Å². The van der Waals surface area contributed by atoms with Crippen molar-refractivity contribution in [2.75, 3.05) is 25.0 Å². The number of halogens is 1. The molecule has 3 aromatic rings. The first kappa shape index (κ1) is 15.5. The van der Waals surface area contributed by atoms with Gasteiger partial charge < -0.3 is 14.3 Å². The fraction of sp³-hybridized carbons (Fsp3) is 0.235. The van der Waals surface area contributed by atoms with Gasteiger partial charge in [-0.3, -0.25) is 9.69 Å². The number of carbonyl (C=O) groups excluding carboxylic acids is 1. The fourth-order valence-corrected chi connectivity index (χ4v) is 2.72. The van der Waals surface area contributed by atoms with Crippen LogP contribution in [0.5, 0.6) is 0 Å². The van der Waals surface area contributed by atoms with Gasteiger partial charge in [0.05, 0.1) is 24.4 Å². The first-order valence-corrected chi connectivity index (χ1v) is 7.83. The number of carbonyl (C=O) groups is 1. The van der Waals surface area contributed by atoms with Gasteiger partial charge in [0, 0.05) is 13.1 Å². The van der Waals surface area contributed by atoms with Gasteiger partial charge in [0.2, 0.25) is 17.6 Å². The van der Waals surface area contributed by atoms with Crippen LogP contribution in [0.1, 0.15) is 11.8 Å². The summed E-state index contributed by atoms with van der Waals surface area (Å²) in [4.78, 5) is 18.2.